The van der Waals surface area contributed by atoms with E-state index in [1.165, 1.54) is 0 Å². The molecule has 1 fully saturated rings. The maximum Gasteiger partial charge on any atom is 0.242 e. The summed E-state index contributed by atoms with van der Waals surface area (Å²) in [5.74, 6) is -0.611. The number of carbonyl (C=O) groups is 2. The summed E-state index contributed by atoms with van der Waals surface area (Å²) < 4.78 is 0. The summed E-state index contributed by atoms with van der Waals surface area (Å²) in [5.41, 5.74) is 10.2. The fraction of sp³-hybridized carbons (Fsp3) is 0.833. The van der Waals surface area contributed by atoms with Gasteiger partial charge in [0.15, 0.2) is 0 Å². The van der Waals surface area contributed by atoms with Gasteiger partial charge in [-0.3, -0.25) is 9.59 Å². The molecule has 2 amide bonds. The van der Waals surface area contributed by atoms with Gasteiger partial charge in [-0.1, -0.05) is 13.3 Å². The quantitative estimate of drug-likeness (QED) is 0.655. The predicted molar refractivity (Wildman–Crippen MR) is 65.9 cm³/mol. The molecule has 1 aliphatic rings. The Balaban J connectivity index is 2.67. The van der Waals surface area contributed by atoms with Gasteiger partial charge in [-0.05, 0) is 32.6 Å². The van der Waals surface area contributed by atoms with E-state index in [2.05, 4.69) is 5.32 Å². The largest absolute Gasteiger partial charge is 0.368 e. The number of hydrogen-bond donors (Lipinski definition) is 3. The molecule has 1 rings (SSSR count). The number of amides is 2. The van der Waals surface area contributed by atoms with Crippen LogP contribution in [0.3, 0.4) is 0 Å². The smallest absolute Gasteiger partial charge is 0.242 e. The number of nitrogens with one attached hydrogen (secondary N) is 1. The fourth-order valence-electron chi connectivity index (χ4n) is 2.23. The van der Waals surface area contributed by atoms with Crippen molar-refractivity contribution in [3.63, 3.8) is 0 Å². The molecule has 0 radical (unpaired) electrons. The van der Waals surface area contributed by atoms with Crippen molar-refractivity contribution in [2.24, 2.45) is 23.3 Å². The minimum absolute atomic E-state index is 0.0659. The molecule has 1 aliphatic carbocycles. The lowest BCUT2D eigenvalue weighted by Gasteiger charge is -2.35. The van der Waals surface area contributed by atoms with E-state index in [0.717, 1.165) is 19.3 Å². The van der Waals surface area contributed by atoms with Gasteiger partial charge in [-0.15, -0.1) is 0 Å². The van der Waals surface area contributed by atoms with E-state index in [4.69, 9.17) is 11.5 Å². The van der Waals surface area contributed by atoms with Gasteiger partial charge >= 0.3 is 0 Å². The van der Waals surface area contributed by atoms with Crippen molar-refractivity contribution in [1.29, 1.82) is 0 Å². The zero-order chi connectivity index (χ0) is 13.2. The van der Waals surface area contributed by atoms with E-state index < -0.39 is 11.4 Å². The lowest BCUT2D eigenvalue weighted by molar-refractivity contribution is -0.134. The van der Waals surface area contributed by atoms with Gasteiger partial charge in [0, 0.05) is 12.0 Å². The molecule has 17 heavy (non-hydrogen) atoms. The highest BCUT2D eigenvalue weighted by Gasteiger charge is 2.36. The Morgan fingerprint density at radius 2 is 1.88 bits per heavy atom. The van der Waals surface area contributed by atoms with Crippen LogP contribution in [0.15, 0.2) is 0 Å². The van der Waals surface area contributed by atoms with Crippen LogP contribution in [-0.2, 0) is 9.59 Å². The molecule has 98 valence electrons. The van der Waals surface area contributed by atoms with Gasteiger partial charge in [0.1, 0.15) is 5.54 Å². The molecule has 0 spiro atoms. The number of rotatable bonds is 3. The molecular weight excluding hydrogens is 218 g/mol. The summed E-state index contributed by atoms with van der Waals surface area (Å²) in [4.78, 5) is 23.3. The Morgan fingerprint density at radius 1 is 1.29 bits per heavy atom. The van der Waals surface area contributed by atoms with E-state index in [-0.39, 0.29) is 23.8 Å². The van der Waals surface area contributed by atoms with Crippen LogP contribution in [0, 0.1) is 11.8 Å². The first-order chi connectivity index (χ1) is 7.75. The van der Waals surface area contributed by atoms with Crippen LogP contribution in [0.1, 0.15) is 40.0 Å². The molecule has 0 heterocycles. The zero-order valence-corrected chi connectivity index (χ0v) is 10.8. The summed E-state index contributed by atoms with van der Waals surface area (Å²) in [6.07, 6.45) is 2.75. The normalized spacial score (nSPS) is 29.8. The number of carbonyl (C=O) groups excluding carboxylic acids is 2. The van der Waals surface area contributed by atoms with Crippen LogP contribution < -0.4 is 16.8 Å². The van der Waals surface area contributed by atoms with Gasteiger partial charge in [0.2, 0.25) is 11.8 Å². The fourth-order valence-corrected chi connectivity index (χ4v) is 2.23. The van der Waals surface area contributed by atoms with Crippen LogP contribution in [-0.4, -0.2) is 23.4 Å². The number of hydrogen-bond acceptors (Lipinski definition) is 3. The van der Waals surface area contributed by atoms with Crippen LogP contribution in [0.2, 0.25) is 0 Å². The molecule has 3 unspecified atom stereocenters. The van der Waals surface area contributed by atoms with E-state index in [1.807, 2.05) is 6.92 Å². The lowest BCUT2D eigenvalue weighted by Crippen LogP contribution is -2.56. The Kier molecular flexibility index (Phi) is 4.14. The van der Waals surface area contributed by atoms with E-state index in [0.29, 0.717) is 0 Å². The van der Waals surface area contributed by atoms with E-state index in [9.17, 15) is 9.59 Å². The first-order valence-corrected chi connectivity index (χ1v) is 6.13. The Bertz CT molecular complexity index is 315. The maximum atomic E-state index is 12.1. The van der Waals surface area contributed by atoms with E-state index in [1.54, 1.807) is 13.8 Å². The average Bonchev–Trinajstić information content (AvgIpc) is 2.21. The average molecular weight is 241 g/mol. The third-order valence-corrected chi connectivity index (χ3v) is 3.75. The second kappa shape index (κ2) is 5.04. The summed E-state index contributed by atoms with van der Waals surface area (Å²) >= 11 is 0. The summed E-state index contributed by atoms with van der Waals surface area (Å²) in [5, 5.41) is 2.71. The van der Waals surface area contributed by atoms with Gasteiger partial charge in [0.25, 0.3) is 0 Å². The maximum absolute atomic E-state index is 12.1. The molecule has 5 nitrogen and oxygen atoms in total. The number of nitrogens with two attached hydrogens (primary N) is 2. The molecule has 0 aromatic heterocycles. The Morgan fingerprint density at radius 3 is 2.41 bits per heavy atom. The van der Waals surface area contributed by atoms with Crippen molar-refractivity contribution in [3.8, 4) is 0 Å². The molecule has 5 N–H and O–H groups in total. The van der Waals surface area contributed by atoms with Gasteiger partial charge < -0.3 is 16.8 Å². The van der Waals surface area contributed by atoms with Crippen molar-refractivity contribution in [1.82, 2.24) is 5.32 Å². The van der Waals surface area contributed by atoms with Crippen molar-refractivity contribution < 1.29 is 9.59 Å². The monoisotopic (exact) mass is 241 g/mol. The molecule has 0 aromatic rings. The topological polar surface area (TPSA) is 98.2 Å². The Labute approximate surface area is 102 Å². The van der Waals surface area contributed by atoms with Crippen LogP contribution in [0.25, 0.3) is 0 Å². The predicted octanol–water partition coefficient (Wildman–Crippen LogP) is 0.130. The van der Waals surface area contributed by atoms with Crippen LogP contribution in [0.4, 0.5) is 0 Å². The van der Waals surface area contributed by atoms with Crippen molar-refractivity contribution >= 4 is 11.8 Å². The summed E-state index contributed by atoms with van der Waals surface area (Å²) in [6.45, 7) is 5.21. The molecule has 0 aliphatic heterocycles. The third kappa shape index (κ3) is 3.19. The zero-order valence-electron chi connectivity index (χ0n) is 10.8. The highest BCUT2D eigenvalue weighted by molar-refractivity contribution is 5.90. The minimum Gasteiger partial charge on any atom is -0.368 e. The SMILES string of the molecule is CC1C(N)CCCC1C(=O)NC(C)(C)C(N)=O. The highest BCUT2D eigenvalue weighted by atomic mass is 16.2. The van der Waals surface area contributed by atoms with Crippen molar-refractivity contribution in [2.45, 2.75) is 51.6 Å². The molecule has 0 saturated heterocycles. The van der Waals surface area contributed by atoms with Crippen molar-refractivity contribution in [3.05, 3.63) is 0 Å². The Hall–Kier alpha value is -1.10. The molecule has 5 heteroatoms. The van der Waals surface area contributed by atoms with Gasteiger partial charge in [-0.2, -0.15) is 0 Å². The second-order valence-corrected chi connectivity index (χ2v) is 5.54. The van der Waals surface area contributed by atoms with Gasteiger partial charge in [-0.25, -0.2) is 0 Å². The lowest BCUT2D eigenvalue weighted by atomic mass is 9.76. The first kappa shape index (κ1) is 14.0. The highest BCUT2D eigenvalue weighted by Crippen LogP contribution is 2.29. The van der Waals surface area contributed by atoms with Crippen LogP contribution in [0.5, 0.6) is 0 Å². The molecule has 3 atom stereocenters. The molecule has 1 saturated carbocycles. The molecule has 0 aromatic carbocycles. The third-order valence-electron chi connectivity index (χ3n) is 3.75. The minimum atomic E-state index is -1.00. The second-order valence-electron chi connectivity index (χ2n) is 5.54. The molecular formula is C12H23N3O2. The van der Waals surface area contributed by atoms with Crippen molar-refractivity contribution in [2.75, 3.05) is 0 Å². The van der Waals surface area contributed by atoms with Crippen LogP contribution >= 0.6 is 0 Å². The summed E-state index contributed by atoms with van der Waals surface area (Å²) in [7, 11) is 0. The van der Waals surface area contributed by atoms with Gasteiger partial charge in [0.05, 0.1) is 0 Å². The first-order valence-electron chi connectivity index (χ1n) is 6.13. The van der Waals surface area contributed by atoms with E-state index >= 15 is 0 Å². The standard InChI is InChI=1S/C12H23N3O2/c1-7-8(5-4-6-9(7)13)10(16)15-12(2,3)11(14)17/h7-9H,4-6,13H2,1-3H3,(H2,14,17)(H,15,16). The molecule has 0 bridgehead atoms. The number of primary amides is 1. The summed E-state index contributed by atoms with van der Waals surface area (Å²) in [6, 6.07) is 0.0659.